The summed E-state index contributed by atoms with van der Waals surface area (Å²) in [4.78, 5) is 28.0. The van der Waals surface area contributed by atoms with Crippen LogP contribution in [0.4, 0.5) is 13.6 Å². The van der Waals surface area contributed by atoms with Gasteiger partial charge in [-0.2, -0.15) is 0 Å². The van der Waals surface area contributed by atoms with E-state index in [0.29, 0.717) is 37.9 Å². The number of hydrogen-bond acceptors (Lipinski definition) is 2. The number of halogens is 2. The number of carbonyl (C=O) groups excluding carboxylic acids is 2. The fourth-order valence-electron chi connectivity index (χ4n) is 3.43. The minimum Gasteiger partial charge on any atom is -0.346 e. The molecule has 5 nitrogen and oxygen atoms in total. The molecular formula is C18H23F2N3O2. The highest BCUT2D eigenvalue weighted by Gasteiger charge is 2.47. The van der Waals surface area contributed by atoms with Crippen molar-refractivity contribution in [2.45, 2.75) is 31.2 Å². The largest absolute Gasteiger partial charge is 0.346 e. The molecule has 2 fully saturated rings. The SMILES string of the molecule is CN(C)C(=O)N1CCC[C@H](C(=O)NC2(c3cc(F)cc(F)c3)CC2)C1. The van der Waals surface area contributed by atoms with Crippen LogP contribution in [-0.4, -0.2) is 48.9 Å². The van der Waals surface area contributed by atoms with Gasteiger partial charge in [0.2, 0.25) is 5.91 Å². The van der Waals surface area contributed by atoms with Crippen LogP contribution in [0.15, 0.2) is 18.2 Å². The van der Waals surface area contributed by atoms with E-state index in [4.69, 9.17) is 0 Å². The Labute approximate surface area is 146 Å². The van der Waals surface area contributed by atoms with Crippen molar-refractivity contribution in [3.05, 3.63) is 35.4 Å². The molecule has 0 bridgehead atoms. The number of nitrogens with one attached hydrogen (secondary N) is 1. The average molecular weight is 351 g/mol. The third-order valence-electron chi connectivity index (χ3n) is 4.97. The molecule has 0 radical (unpaired) electrons. The van der Waals surface area contributed by atoms with E-state index in [9.17, 15) is 18.4 Å². The zero-order valence-electron chi connectivity index (χ0n) is 14.5. The van der Waals surface area contributed by atoms with E-state index in [1.807, 2.05) is 0 Å². The van der Waals surface area contributed by atoms with Gasteiger partial charge < -0.3 is 15.1 Å². The molecule has 1 heterocycles. The quantitative estimate of drug-likeness (QED) is 0.910. The van der Waals surface area contributed by atoms with Crippen LogP contribution < -0.4 is 5.32 Å². The normalized spacial score (nSPS) is 21.6. The van der Waals surface area contributed by atoms with E-state index < -0.39 is 17.2 Å². The van der Waals surface area contributed by atoms with E-state index in [0.717, 1.165) is 12.5 Å². The molecule has 7 heteroatoms. The summed E-state index contributed by atoms with van der Waals surface area (Å²) >= 11 is 0. The van der Waals surface area contributed by atoms with E-state index in [2.05, 4.69) is 5.32 Å². The van der Waals surface area contributed by atoms with Crippen molar-refractivity contribution in [1.82, 2.24) is 15.1 Å². The van der Waals surface area contributed by atoms with Gasteiger partial charge in [-0.25, -0.2) is 13.6 Å². The molecule has 1 aliphatic carbocycles. The van der Waals surface area contributed by atoms with Gasteiger partial charge in [0.05, 0.1) is 11.5 Å². The Kier molecular flexibility index (Phi) is 4.67. The molecule has 136 valence electrons. The van der Waals surface area contributed by atoms with Gasteiger partial charge in [-0.05, 0) is 43.4 Å². The molecule has 1 aliphatic heterocycles. The molecule has 0 aromatic heterocycles. The van der Waals surface area contributed by atoms with Crippen LogP contribution in [0.3, 0.4) is 0 Å². The highest BCUT2D eigenvalue weighted by atomic mass is 19.1. The van der Waals surface area contributed by atoms with E-state index in [1.54, 1.807) is 19.0 Å². The zero-order chi connectivity index (χ0) is 18.2. The number of benzene rings is 1. The lowest BCUT2D eigenvalue weighted by Gasteiger charge is -2.34. The maximum atomic E-state index is 13.5. The predicted molar refractivity (Wildman–Crippen MR) is 88.8 cm³/mol. The number of rotatable bonds is 3. The number of hydrogen-bond donors (Lipinski definition) is 1. The fourth-order valence-corrected chi connectivity index (χ4v) is 3.43. The van der Waals surface area contributed by atoms with Crippen LogP contribution in [0, 0.1) is 17.6 Å². The van der Waals surface area contributed by atoms with Crippen LogP contribution in [0.5, 0.6) is 0 Å². The Morgan fingerprint density at radius 3 is 2.40 bits per heavy atom. The second-order valence-corrected chi connectivity index (χ2v) is 7.19. The Morgan fingerprint density at radius 2 is 1.84 bits per heavy atom. The maximum absolute atomic E-state index is 13.5. The molecule has 1 atom stereocenters. The highest BCUT2D eigenvalue weighted by Crippen LogP contribution is 2.46. The average Bonchev–Trinajstić information content (AvgIpc) is 3.34. The summed E-state index contributed by atoms with van der Waals surface area (Å²) in [5.41, 5.74) is -0.205. The van der Waals surface area contributed by atoms with Crippen molar-refractivity contribution >= 4 is 11.9 Å². The van der Waals surface area contributed by atoms with Crippen molar-refractivity contribution in [2.24, 2.45) is 5.92 Å². The third-order valence-corrected chi connectivity index (χ3v) is 4.97. The molecule has 1 N–H and O–H groups in total. The molecule has 0 spiro atoms. The summed E-state index contributed by atoms with van der Waals surface area (Å²) in [6.45, 7) is 1.01. The summed E-state index contributed by atoms with van der Waals surface area (Å²) in [5.74, 6) is -1.74. The number of carbonyl (C=O) groups is 2. The lowest BCUT2D eigenvalue weighted by molar-refractivity contribution is -0.127. The third kappa shape index (κ3) is 3.75. The van der Waals surface area contributed by atoms with E-state index >= 15 is 0 Å². The van der Waals surface area contributed by atoms with Gasteiger partial charge in [-0.3, -0.25) is 4.79 Å². The number of nitrogens with zero attached hydrogens (tertiary/aromatic N) is 2. The highest BCUT2D eigenvalue weighted by molar-refractivity contribution is 5.82. The minimum atomic E-state index is -0.673. The monoisotopic (exact) mass is 351 g/mol. The van der Waals surface area contributed by atoms with Crippen molar-refractivity contribution in [3.8, 4) is 0 Å². The van der Waals surface area contributed by atoms with Gasteiger partial charge in [-0.1, -0.05) is 0 Å². The second-order valence-electron chi connectivity index (χ2n) is 7.19. The van der Waals surface area contributed by atoms with Crippen molar-refractivity contribution in [3.63, 3.8) is 0 Å². The van der Waals surface area contributed by atoms with Crippen molar-refractivity contribution in [2.75, 3.05) is 27.2 Å². The number of likely N-dealkylation sites (tertiary alicyclic amines) is 1. The molecule has 25 heavy (non-hydrogen) atoms. The Balaban J connectivity index is 1.68. The molecule has 3 amide bonds. The molecule has 1 saturated heterocycles. The topological polar surface area (TPSA) is 52.7 Å². The maximum Gasteiger partial charge on any atom is 0.319 e. The van der Waals surface area contributed by atoms with Gasteiger partial charge >= 0.3 is 6.03 Å². The summed E-state index contributed by atoms with van der Waals surface area (Å²) in [6, 6.07) is 3.27. The summed E-state index contributed by atoms with van der Waals surface area (Å²) in [7, 11) is 3.37. The first kappa shape index (κ1) is 17.6. The predicted octanol–water partition coefficient (Wildman–Crippen LogP) is 2.46. The molecule has 3 rings (SSSR count). The lowest BCUT2D eigenvalue weighted by Crippen LogP contribution is -2.50. The van der Waals surface area contributed by atoms with Gasteiger partial charge in [0.25, 0.3) is 0 Å². The summed E-state index contributed by atoms with van der Waals surface area (Å²) in [5, 5.41) is 2.97. The number of piperidine rings is 1. The summed E-state index contributed by atoms with van der Waals surface area (Å²) in [6.07, 6.45) is 2.79. The van der Waals surface area contributed by atoms with Gasteiger partial charge in [0, 0.05) is 33.3 Å². The molecule has 1 aromatic rings. The van der Waals surface area contributed by atoms with Gasteiger partial charge in [0.15, 0.2) is 0 Å². The first-order chi connectivity index (χ1) is 11.8. The fraction of sp³-hybridized carbons (Fsp3) is 0.556. The summed E-state index contributed by atoms with van der Waals surface area (Å²) < 4.78 is 27.0. The van der Waals surface area contributed by atoms with E-state index in [-0.39, 0.29) is 17.9 Å². The molecule has 1 saturated carbocycles. The van der Waals surface area contributed by atoms with Crippen LogP contribution in [0.1, 0.15) is 31.2 Å². The van der Waals surface area contributed by atoms with Crippen molar-refractivity contribution in [1.29, 1.82) is 0 Å². The standard InChI is InChI=1S/C18H23F2N3O2/c1-22(2)17(25)23-7-3-4-12(11-23)16(24)21-18(5-6-18)13-8-14(19)10-15(20)9-13/h8-10,12H,3-7,11H2,1-2H3,(H,21,24)/t12-/m0/s1. The second kappa shape index (κ2) is 6.61. The van der Waals surface area contributed by atoms with E-state index in [1.165, 1.54) is 17.0 Å². The number of amides is 3. The van der Waals surface area contributed by atoms with Gasteiger partial charge in [-0.15, -0.1) is 0 Å². The van der Waals surface area contributed by atoms with Crippen LogP contribution >= 0.6 is 0 Å². The smallest absolute Gasteiger partial charge is 0.319 e. The molecular weight excluding hydrogens is 328 g/mol. The zero-order valence-corrected chi connectivity index (χ0v) is 14.5. The van der Waals surface area contributed by atoms with Gasteiger partial charge in [0.1, 0.15) is 11.6 Å². The van der Waals surface area contributed by atoms with Crippen LogP contribution in [-0.2, 0) is 10.3 Å². The van der Waals surface area contributed by atoms with Crippen molar-refractivity contribution < 1.29 is 18.4 Å². The Bertz CT molecular complexity index is 669. The molecule has 0 unspecified atom stereocenters. The van der Waals surface area contributed by atoms with Crippen LogP contribution in [0.2, 0.25) is 0 Å². The van der Waals surface area contributed by atoms with Crippen LogP contribution in [0.25, 0.3) is 0 Å². The number of urea groups is 1. The lowest BCUT2D eigenvalue weighted by atomic mass is 9.95. The minimum absolute atomic E-state index is 0.106. The first-order valence-corrected chi connectivity index (χ1v) is 8.55. The first-order valence-electron chi connectivity index (χ1n) is 8.55. The molecule has 1 aromatic carbocycles. The Hall–Kier alpha value is -2.18. The molecule has 2 aliphatic rings. The Morgan fingerprint density at radius 1 is 1.20 bits per heavy atom.